The quantitative estimate of drug-likeness (QED) is 0.537. The zero-order chi connectivity index (χ0) is 17.8. The Bertz CT molecular complexity index is 656. The van der Waals surface area contributed by atoms with Gasteiger partial charge in [-0.3, -0.25) is 9.59 Å². The fraction of sp³-hybridized carbons (Fsp3) is 0.900. The van der Waals surface area contributed by atoms with Crippen molar-refractivity contribution in [2.24, 2.45) is 39.9 Å². The minimum atomic E-state index is -1.04. The molecule has 25 heavy (non-hydrogen) atoms. The van der Waals surface area contributed by atoms with Gasteiger partial charge in [-0.05, 0) is 49.4 Å². The van der Waals surface area contributed by atoms with E-state index in [1.165, 1.54) is 0 Å². The van der Waals surface area contributed by atoms with E-state index in [9.17, 15) is 14.7 Å². The summed E-state index contributed by atoms with van der Waals surface area (Å²) in [6.45, 7) is 6.91. The number of ketones is 1. The lowest BCUT2D eigenvalue weighted by molar-refractivity contribution is -0.267. The number of carbonyl (C=O) groups is 2. The molecule has 5 aliphatic rings. The highest BCUT2D eigenvalue weighted by Gasteiger charge is 2.78. The molecule has 138 valence electrons. The first-order valence-corrected chi connectivity index (χ1v) is 9.81. The van der Waals surface area contributed by atoms with Gasteiger partial charge in [-0.15, -0.1) is 0 Å². The number of hydrogen-bond acceptors (Lipinski definition) is 5. The summed E-state index contributed by atoms with van der Waals surface area (Å²) in [6.07, 6.45) is 2.80. The summed E-state index contributed by atoms with van der Waals surface area (Å²) in [5.74, 6) is -0.103. The van der Waals surface area contributed by atoms with Crippen molar-refractivity contribution in [1.29, 1.82) is 0 Å². The van der Waals surface area contributed by atoms with Crippen LogP contribution in [0.2, 0.25) is 0 Å². The van der Waals surface area contributed by atoms with E-state index in [-0.39, 0.29) is 46.9 Å². The van der Waals surface area contributed by atoms with Crippen LogP contribution in [0.4, 0.5) is 0 Å². The molecule has 1 N–H and O–H groups in total. The summed E-state index contributed by atoms with van der Waals surface area (Å²) in [6, 6.07) is 0. The van der Waals surface area contributed by atoms with E-state index < -0.39 is 17.1 Å². The molecule has 0 radical (unpaired) electrons. The molecule has 8 atom stereocenters. The molecule has 0 aromatic heterocycles. The van der Waals surface area contributed by atoms with Crippen LogP contribution >= 0.6 is 0 Å². The van der Waals surface area contributed by atoms with Gasteiger partial charge in [0.15, 0.2) is 12.1 Å². The van der Waals surface area contributed by atoms with E-state index in [0.717, 1.165) is 25.7 Å². The summed E-state index contributed by atoms with van der Waals surface area (Å²) in [5.41, 5.74) is -1.66. The largest absolute Gasteiger partial charge is 0.461 e. The molecule has 5 heteroatoms. The highest BCUT2D eigenvalue weighted by atomic mass is 16.6. The van der Waals surface area contributed by atoms with Crippen molar-refractivity contribution >= 4 is 11.8 Å². The summed E-state index contributed by atoms with van der Waals surface area (Å²) < 4.78 is 11.8. The van der Waals surface area contributed by atoms with Crippen molar-refractivity contribution in [2.75, 3.05) is 6.61 Å². The van der Waals surface area contributed by atoms with Crippen molar-refractivity contribution in [3.8, 4) is 0 Å². The first kappa shape index (κ1) is 16.2. The van der Waals surface area contributed by atoms with Gasteiger partial charge in [-0.2, -0.15) is 0 Å². The standard InChI is InChI=1S/C20H28O5/c1-10-11-4-5-12-19(8-11,15(10)21)16(22)25-14-6-7-18(2,3)13-9-24-17(23)20(12,13)14/h10-14,17,23H,4-9H2,1-3H3/t10-,11+,12-,13-,14+,17+,19+,20?/m1/s1. The van der Waals surface area contributed by atoms with Crippen LogP contribution in [0.15, 0.2) is 0 Å². The van der Waals surface area contributed by atoms with Crippen LogP contribution in [-0.4, -0.2) is 35.9 Å². The van der Waals surface area contributed by atoms with Gasteiger partial charge >= 0.3 is 5.97 Å². The van der Waals surface area contributed by atoms with Gasteiger partial charge in [0.2, 0.25) is 0 Å². The van der Waals surface area contributed by atoms with Gasteiger partial charge in [0.1, 0.15) is 11.5 Å². The number of aliphatic hydroxyl groups excluding tert-OH is 1. The van der Waals surface area contributed by atoms with E-state index in [0.29, 0.717) is 13.0 Å². The number of esters is 1. The third kappa shape index (κ3) is 1.60. The van der Waals surface area contributed by atoms with Gasteiger partial charge in [-0.1, -0.05) is 20.8 Å². The Morgan fingerprint density at radius 1 is 1.12 bits per heavy atom. The number of rotatable bonds is 0. The second kappa shape index (κ2) is 4.66. The average Bonchev–Trinajstić information content (AvgIpc) is 3.01. The van der Waals surface area contributed by atoms with Crippen molar-refractivity contribution in [3.05, 3.63) is 0 Å². The fourth-order valence-electron chi connectivity index (χ4n) is 7.50. The molecule has 0 aromatic rings. The predicted molar refractivity (Wildman–Crippen MR) is 88.2 cm³/mol. The zero-order valence-corrected chi connectivity index (χ0v) is 15.3. The van der Waals surface area contributed by atoms with E-state index in [1.54, 1.807) is 0 Å². The van der Waals surface area contributed by atoms with Crippen LogP contribution in [0.5, 0.6) is 0 Å². The summed E-state index contributed by atoms with van der Waals surface area (Å²) in [7, 11) is 0. The first-order chi connectivity index (χ1) is 11.8. The number of hydrogen-bond donors (Lipinski definition) is 1. The molecule has 0 aromatic carbocycles. The molecule has 5 fully saturated rings. The Kier molecular flexibility index (Phi) is 3.03. The molecule has 2 spiro atoms. The molecular formula is C20H28O5. The smallest absolute Gasteiger partial charge is 0.320 e. The van der Waals surface area contributed by atoms with E-state index in [2.05, 4.69) is 13.8 Å². The maximum Gasteiger partial charge on any atom is 0.320 e. The van der Waals surface area contributed by atoms with Crippen LogP contribution in [0.1, 0.15) is 52.9 Å². The van der Waals surface area contributed by atoms with Crippen molar-refractivity contribution in [2.45, 2.75) is 65.3 Å². The summed E-state index contributed by atoms with van der Waals surface area (Å²) in [4.78, 5) is 26.4. The second-order valence-electron chi connectivity index (χ2n) is 9.88. The minimum Gasteiger partial charge on any atom is -0.461 e. The summed E-state index contributed by atoms with van der Waals surface area (Å²) >= 11 is 0. The molecule has 1 unspecified atom stereocenters. The monoisotopic (exact) mass is 348 g/mol. The molecule has 2 heterocycles. The number of aliphatic hydroxyl groups is 1. The number of carbonyl (C=O) groups excluding carboxylic acids is 2. The maximum absolute atomic E-state index is 13.3. The highest BCUT2D eigenvalue weighted by Crippen LogP contribution is 2.71. The molecule has 5 nitrogen and oxygen atoms in total. The predicted octanol–water partition coefficient (Wildman–Crippen LogP) is 2.30. The average molecular weight is 348 g/mol. The Morgan fingerprint density at radius 3 is 2.64 bits per heavy atom. The molecule has 5 rings (SSSR count). The lowest BCUT2D eigenvalue weighted by Gasteiger charge is -2.62. The fourth-order valence-corrected chi connectivity index (χ4v) is 7.50. The van der Waals surface area contributed by atoms with Crippen molar-refractivity contribution in [3.63, 3.8) is 0 Å². The summed E-state index contributed by atoms with van der Waals surface area (Å²) in [5, 5.41) is 11.0. The Morgan fingerprint density at radius 2 is 1.88 bits per heavy atom. The SMILES string of the molecule is C[C@H]1C(=O)[C@]23C[C@@H]1CC[C@H]2C12[C@H](CCC(C)(C)[C@H]1CO[C@@H]2O)OC3=O. The second-order valence-corrected chi connectivity index (χ2v) is 9.88. The molecule has 2 saturated heterocycles. The maximum atomic E-state index is 13.3. The Balaban J connectivity index is 1.72. The Labute approximate surface area is 148 Å². The van der Waals surface area contributed by atoms with Crippen LogP contribution in [0.25, 0.3) is 0 Å². The zero-order valence-electron chi connectivity index (χ0n) is 15.3. The first-order valence-electron chi connectivity index (χ1n) is 9.81. The van der Waals surface area contributed by atoms with Crippen LogP contribution in [0, 0.1) is 39.9 Å². The van der Waals surface area contributed by atoms with Gasteiger partial charge in [0.05, 0.1) is 12.0 Å². The third-order valence-corrected chi connectivity index (χ3v) is 8.79. The molecule has 2 aliphatic heterocycles. The Hall–Kier alpha value is -0.940. The van der Waals surface area contributed by atoms with E-state index >= 15 is 0 Å². The highest BCUT2D eigenvalue weighted by molar-refractivity contribution is 6.07. The van der Waals surface area contributed by atoms with Crippen LogP contribution < -0.4 is 0 Å². The normalized spacial score (nSPS) is 56.0. The molecular weight excluding hydrogens is 320 g/mol. The molecule has 2 bridgehead atoms. The van der Waals surface area contributed by atoms with Gasteiger partial charge < -0.3 is 14.6 Å². The lowest BCUT2D eigenvalue weighted by atomic mass is 9.44. The van der Waals surface area contributed by atoms with Crippen molar-refractivity contribution in [1.82, 2.24) is 0 Å². The van der Waals surface area contributed by atoms with E-state index in [1.807, 2.05) is 6.92 Å². The van der Waals surface area contributed by atoms with Crippen molar-refractivity contribution < 1.29 is 24.2 Å². The third-order valence-electron chi connectivity index (χ3n) is 8.79. The molecule has 3 aliphatic carbocycles. The van der Waals surface area contributed by atoms with Crippen LogP contribution in [0.3, 0.4) is 0 Å². The lowest BCUT2D eigenvalue weighted by Crippen LogP contribution is -2.69. The number of ether oxygens (including phenoxy) is 2. The molecule has 3 saturated carbocycles. The molecule has 0 amide bonds. The number of fused-ring (bicyclic) bond motifs is 1. The van der Waals surface area contributed by atoms with Gasteiger partial charge in [0.25, 0.3) is 0 Å². The van der Waals surface area contributed by atoms with Crippen LogP contribution in [-0.2, 0) is 19.1 Å². The van der Waals surface area contributed by atoms with Gasteiger partial charge in [-0.25, -0.2) is 0 Å². The topological polar surface area (TPSA) is 72.8 Å². The van der Waals surface area contributed by atoms with E-state index in [4.69, 9.17) is 9.47 Å². The minimum absolute atomic E-state index is 0.00301. The number of Topliss-reactive ketones (excluding diaryl/α,β-unsaturated/α-hetero) is 1. The van der Waals surface area contributed by atoms with Gasteiger partial charge in [0, 0.05) is 11.8 Å².